The van der Waals surface area contributed by atoms with Crippen molar-refractivity contribution in [2.75, 3.05) is 39.4 Å². The Morgan fingerprint density at radius 3 is 2.93 bits per heavy atom. The minimum absolute atomic E-state index is 0.649. The van der Waals surface area contributed by atoms with E-state index in [9.17, 15) is 0 Å². The molecule has 0 saturated carbocycles. The van der Waals surface area contributed by atoms with E-state index in [0.29, 0.717) is 12.0 Å². The summed E-state index contributed by atoms with van der Waals surface area (Å²) in [7, 11) is 0. The van der Waals surface area contributed by atoms with Crippen molar-refractivity contribution in [3.63, 3.8) is 0 Å². The van der Waals surface area contributed by atoms with E-state index in [1.54, 1.807) is 0 Å². The molecule has 1 N–H and O–H groups in total. The van der Waals surface area contributed by atoms with Gasteiger partial charge >= 0.3 is 0 Å². The lowest BCUT2D eigenvalue weighted by atomic mass is 10.2. The average Bonchev–Trinajstić information content (AvgIpc) is 2.15. The van der Waals surface area contributed by atoms with E-state index in [1.165, 1.54) is 0 Å². The van der Waals surface area contributed by atoms with E-state index in [0.717, 1.165) is 39.4 Å². The third kappa shape index (κ3) is 4.40. The standard InChI is InChI=1S/C11H24N2O/c1-10(2)9-14-7-6-13-5-4-12-8-11(13)3/h10-12H,4-9H2,1-3H3/t11-/m1/s1. The van der Waals surface area contributed by atoms with Crippen molar-refractivity contribution < 1.29 is 4.74 Å². The highest BCUT2D eigenvalue weighted by molar-refractivity contribution is 4.75. The van der Waals surface area contributed by atoms with Crippen LogP contribution < -0.4 is 5.32 Å². The topological polar surface area (TPSA) is 24.5 Å². The van der Waals surface area contributed by atoms with Gasteiger partial charge < -0.3 is 10.1 Å². The summed E-state index contributed by atoms with van der Waals surface area (Å²) < 4.78 is 5.58. The fraction of sp³-hybridized carbons (Fsp3) is 1.00. The smallest absolute Gasteiger partial charge is 0.0593 e. The zero-order valence-corrected chi connectivity index (χ0v) is 9.75. The van der Waals surface area contributed by atoms with Crippen LogP contribution in [0.25, 0.3) is 0 Å². The second kappa shape index (κ2) is 6.38. The van der Waals surface area contributed by atoms with E-state index >= 15 is 0 Å². The van der Waals surface area contributed by atoms with Crippen molar-refractivity contribution in [2.24, 2.45) is 5.92 Å². The first-order valence-electron chi connectivity index (χ1n) is 5.72. The van der Waals surface area contributed by atoms with E-state index in [2.05, 4.69) is 31.0 Å². The molecular weight excluding hydrogens is 176 g/mol. The van der Waals surface area contributed by atoms with Gasteiger partial charge in [-0.15, -0.1) is 0 Å². The van der Waals surface area contributed by atoms with Crippen LogP contribution >= 0.6 is 0 Å². The number of nitrogens with one attached hydrogen (secondary N) is 1. The van der Waals surface area contributed by atoms with E-state index < -0.39 is 0 Å². The molecule has 0 aromatic carbocycles. The van der Waals surface area contributed by atoms with E-state index in [-0.39, 0.29) is 0 Å². The van der Waals surface area contributed by atoms with Crippen molar-refractivity contribution in [3.05, 3.63) is 0 Å². The van der Waals surface area contributed by atoms with Gasteiger partial charge in [0.1, 0.15) is 0 Å². The first-order valence-corrected chi connectivity index (χ1v) is 5.72. The van der Waals surface area contributed by atoms with Crippen LogP contribution in [0.3, 0.4) is 0 Å². The second-order valence-corrected chi connectivity index (χ2v) is 4.56. The molecule has 1 fully saturated rings. The van der Waals surface area contributed by atoms with Crippen LogP contribution in [0.4, 0.5) is 0 Å². The largest absolute Gasteiger partial charge is 0.380 e. The number of hydrogen-bond acceptors (Lipinski definition) is 3. The molecule has 0 aliphatic carbocycles. The minimum Gasteiger partial charge on any atom is -0.380 e. The molecule has 0 spiro atoms. The zero-order valence-electron chi connectivity index (χ0n) is 9.75. The summed E-state index contributed by atoms with van der Waals surface area (Å²) in [6.45, 7) is 12.9. The molecule has 0 aromatic heterocycles. The Morgan fingerprint density at radius 1 is 1.50 bits per heavy atom. The van der Waals surface area contributed by atoms with Crippen LogP contribution in [0.5, 0.6) is 0 Å². The highest BCUT2D eigenvalue weighted by Crippen LogP contribution is 2.01. The summed E-state index contributed by atoms with van der Waals surface area (Å²) in [5.74, 6) is 0.649. The van der Waals surface area contributed by atoms with Crippen molar-refractivity contribution in [3.8, 4) is 0 Å². The first-order chi connectivity index (χ1) is 6.70. The number of nitrogens with zero attached hydrogens (tertiary/aromatic N) is 1. The predicted molar refractivity (Wildman–Crippen MR) is 59.6 cm³/mol. The first kappa shape index (κ1) is 12.0. The summed E-state index contributed by atoms with van der Waals surface area (Å²) in [5.41, 5.74) is 0. The second-order valence-electron chi connectivity index (χ2n) is 4.56. The Kier molecular flexibility index (Phi) is 5.45. The van der Waals surface area contributed by atoms with Crippen molar-refractivity contribution in [1.82, 2.24) is 10.2 Å². The lowest BCUT2D eigenvalue weighted by Crippen LogP contribution is -2.50. The van der Waals surface area contributed by atoms with Gasteiger partial charge in [0.15, 0.2) is 0 Å². The van der Waals surface area contributed by atoms with Crippen LogP contribution in [0.1, 0.15) is 20.8 Å². The van der Waals surface area contributed by atoms with Crippen molar-refractivity contribution >= 4 is 0 Å². The molecule has 0 bridgehead atoms. The Balaban J connectivity index is 2.04. The quantitative estimate of drug-likeness (QED) is 0.669. The molecule has 1 atom stereocenters. The number of hydrogen-bond donors (Lipinski definition) is 1. The van der Waals surface area contributed by atoms with Gasteiger partial charge in [-0.25, -0.2) is 0 Å². The van der Waals surface area contributed by atoms with Gasteiger partial charge in [0.2, 0.25) is 0 Å². The molecule has 3 nitrogen and oxygen atoms in total. The lowest BCUT2D eigenvalue weighted by molar-refractivity contribution is 0.0678. The van der Waals surface area contributed by atoms with Crippen LogP contribution in [-0.4, -0.2) is 50.3 Å². The molecule has 1 aliphatic heterocycles. The lowest BCUT2D eigenvalue weighted by Gasteiger charge is -2.33. The molecule has 0 amide bonds. The van der Waals surface area contributed by atoms with Gasteiger partial charge in [0.05, 0.1) is 6.61 Å². The highest BCUT2D eigenvalue weighted by Gasteiger charge is 2.16. The Labute approximate surface area is 87.8 Å². The fourth-order valence-corrected chi connectivity index (χ4v) is 1.72. The molecule has 0 aromatic rings. The fourth-order valence-electron chi connectivity index (χ4n) is 1.72. The SMILES string of the molecule is CC(C)COCCN1CCNC[C@H]1C. The molecule has 14 heavy (non-hydrogen) atoms. The van der Waals surface area contributed by atoms with Gasteiger partial charge in [-0.05, 0) is 12.8 Å². The molecule has 1 saturated heterocycles. The molecular formula is C11H24N2O. The van der Waals surface area contributed by atoms with Crippen LogP contribution in [-0.2, 0) is 4.74 Å². The molecule has 0 radical (unpaired) electrons. The maximum absolute atomic E-state index is 5.58. The van der Waals surface area contributed by atoms with Crippen molar-refractivity contribution in [2.45, 2.75) is 26.8 Å². The number of ether oxygens (including phenoxy) is 1. The maximum atomic E-state index is 5.58. The molecule has 1 rings (SSSR count). The number of piperazine rings is 1. The summed E-state index contributed by atoms with van der Waals surface area (Å²) in [6, 6.07) is 0.659. The molecule has 84 valence electrons. The normalized spacial score (nSPS) is 24.4. The predicted octanol–water partition coefficient (Wildman–Crippen LogP) is 0.953. The zero-order chi connectivity index (χ0) is 10.4. The molecule has 3 heteroatoms. The Bertz CT molecular complexity index is 150. The average molecular weight is 200 g/mol. The monoisotopic (exact) mass is 200 g/mol. The molecule has 1 aliphatic rings. The van der Waals surface area contributed by atoms with Gasteiger partial charge in [0, 0.05) is 38.8 Å². The van der Waals surface area contributed by atoms with E-state index in [4.69, 9.17) is 4.74 Å². The van der Waals surface area contributed by atoms with Crippen LogP contribution in [0.15, 0.2) is 0 Å². The van der Waals surface area contributed by atoms with Gasteiger partial charge in [-0.3, -0.25) is 4.90 Å². The third-order valence-electron chi connectivity index (χ3n) is 2.61. The maximum Gasteiger partial charge on any atom is 0.0593 e. The Hall–Kier alpha value is -0.120. The summed E-state index contributed by atoms with van der Waals surface area (Å²) >= 11 is 0. The molecule has 1 heterocycles. The van der Waals surface area contributed by atoms with Gasteiger partial charge in [-0.1, -0.05) is 13.8 Å². The summed E-state index contributed by atoms with van der Waals surface area (Å²) in [6.07, 6.45) is 0. The van der Waals surface area contributed by atoms with Crippen LogP contribution in [0.2, 0.25) is 0 Å². The number of rotatable bonds is 5. The van der Waals surface area contributed by atoms with Crippen LogP contribution in [0, 0.1) is 5.92 Å². The molecule has 0 unspecified atom stereocenters. The highest BCUT2D eigenvalue weighted by atomic mass is 16.5. The van der Waals surface area contributed by atoms with Crippen molar-refractivity contribution in [1.29, 1.82) is 0 Å². The minimum atomic E-state index is 0.649. The summed E-state index contributed by atoms with van der Waals surface area (Å²) in [4.78, 5) is 2.50. The Morgan fingerprint density at radius 2 is 2.29 bits per heavy atom. The van der Waals surface area contributed by atoms with Gasteiger partial charge in [-0.2, -0.15) is 0 Å². The van der Waals surface area contributed by atoms with Gasteiger partial charge in [0.25, 0.3) is 0 Å². The van der Waals surface area contributed by atoms with E-state index in [1.807, 2.05) is 0 Å². The third-order valence-corrected chi connectivity index (χ3v) is 2.61. The summed E-state index contributed by atoms with van der Waals surface area (Å²) in [5, 5.41) is 3.39.